The first-order valence-electron chi connectivity index (χ1n) is 8.63. The van der Waals surface area contributed by atoms with Gasteiger partial charge in [0.15, 0.2) is 16.0 Å². The first-order chi connectivity index (χ1) is 12.9. The SMILES string of the molecule is Cc1cccc2nc(Sc3ccc(C=C4SC(=O)C(C(C)C)C4=O)o3)[nH]c12. The molecule has 1 fully saturated rings. The third kappa shape index (κ3) is 3.49. The van der Waals surface area contributed by atoms with Crippen LogP contribution in [-0.4, -0.2) is 20.9 Å². The van der Waals surface area contributed by atoms with E-state index in [0.29, 0.717) is 15.8 Å². The molecule has 3 heterocycles. The van der Waals surface area contributed by atoms with E-state index in [1.807, 2.05) is 45.0 Å². The van der Waals surface area contributed by atoms with Gasteiger partial charge in [-0.15, -0.1) is 0 Å². The second kappa shape index (κ2) is 7.05. The number of para-hydroxylation sites is 1. The molecule has 1 N–H and O–H groups in total. The molecule has 1 aromatic carbocycles. The standard InChI is InChI=1S/C20H18N2O3S2/c1-10(2)16-18(23)14(26-19(16)24)9-12-7-8-15(25-12)27-20-21-13-6-4-5-11(3)17(13)22-20/h4-10,16H,1-3H3,(H,21,22). The summed E-state index contributed by atoms with van der Waals surface area (Å²) >= 11 is 2.40. The molecule has 5 nitrogen and oxygen atoms in total. The van der Waals surface area contributed by atoms with Crippen LogP contribution in [0.15, 0.2) is 49.9 Å². The summed E-state index contributed by atoms with van der Waals surface area (Å²) in [7, 11) is 0. The van der Waals surface area contributed by atoms with Gasteiger partial charge < -0.3 is 9.40 Å². The zero-order chi connectivity index (χ0) is 19.1. The number of imidazole rings is 1. The lowest BCUT2D eigenvalue weighted by Gasteiger charge is -2.07. The summed E-state index contributed by atoms with van der Waals surface area (Å²) in [6.07, 6.45) is 1.65. The molecule has 0 saturated carbocycles. The van der Waals surface area contributed by atoms with E-state index in [2.05, 4.69) is 9.97 Å². The van der Waals surface area contributed by atoms with Crippen LogP contribution in [0.3, 0.4) is 0 Å². The van der Waals surface area contributed by atoms with Crippen LogP contribution in [0.1, 0.15) is 25.2 Å². The lowest BCUT2D eigenvalue weighted by Crippen LogP contribution is -2.20. The monoisotopic (exact) mass is 398 g/mol. The van der Waals surface area contributed by atoms with Gasteiger partial charge in [0.05, 0.1) is 21.9 Å². The molecule has 1 aliphatic heterocycles. The van der Waals surface area contributed by atoms with Crippen molar-refractivity contribution in [1.82, 2.24) is 9.97 Å². The number of aryl methyl sites for hydroxylation is 1. The number of carbonyl (C=O) groups is 2. The van der Waals surface area contributed by atoms with Gasteiger partial charge in [0.2, 0.25) is 5.12 Å². The van der Waals surface area contributed by atoms with E-state index in [1.165, 1.54) is 11.8 Å². The number of allylic oxidation sites excluding steroid dienone is 1. The van der Waals surface area contributed by atoms with Crippen LogP contribution in [0.2, 0.25) is 0 Å². The summed E-state index contributed by atoms with van der Waals surface area (Å²) in [6, 6.07) is 9.61. The van der Waals surface area contributed by atoms with Crippen molar-refractivity contribution in [3.05, 3.63) is 46.6 Å². The number of benzene rings is 1. The van der Waals surface area contributed by atoms with E-state index in [9.17, 15) is 9.59 Å². The number of fused-ring (bicyclic) bond motifs is 1. The van der Waals surface area contributed by atoms with E-state index in [1.54, 1.807) is 12.1 Å². The van der Waals surface area contributed by atoms with E-state index in [4.69, 9.17) is 4.42 Å². The maximum Gasteiger partial charge on any atom is 0.204 e. The number of aromatic amines is 1. The molecule has 0 bridgehead atoms. The Morgan fingerprint density at radius 2 is 2.07 bits per heavy atom. The molecular weight excluding hydrogens is 380 g/mol. The second-order valence-corrected chi connectivity index (χ2v) is 8.82. The van der Waals surface area contributed by atoms with Crippen molar-refractivity contribution < 1.29 is 14.0 Å². The average Bonchev–Trinajstić information content (AvgIpc) is 3.27. The minimum Gasteiger partial charge on any atom is -0.450 e. The Morgan fingerprint density at radius 1 is 1.26 bits per heavy atom. The molecular formula is C20H18N2O3S2. The molecule has 4 rings (SSSR count). The highest BCUT2D eigenvalue weighted by atomic mass is 32.2. The molecule has 1 aliphatic rings. The molecule has 138 valence electrons. The van der Waals surface area contributed by atoms with Gasteiger partial charge in [0.25, 0.3) is 0 Å². The van der Waals surface area contributed by atoms with Gasteiger partial charge >= 0.3 is 0 Å². The van der Waals surface area contributed by atoms with E-state index in [0.717, 1.165) is 33.5 Å². The predicted octanol–water partition coefficient (Wildman–Crippen LogP) is 5.07. The van der Waals surface area contributed by atoms with Crippen LogP contribution < -0.4 is 0 Å². The highest BCUT2D eigenvalue weighted by Crippen LogP contribution is 2.39. The van der Waals surface area contributed by atoms with Crippen molar-refractivity contribution in [3.63, 3.8) is 0 Å². The number of rotatable bonds is 4. The van der Waals surface area contributed by atoms with Crippen LogP contribution in [-0.2, 0) is 9.59 Å². The van der Waals surface area contributed by atoms with Crippen LogP contribution in [0.4, 0.5) is 0 Å². The fourth-order valence-corrected chi connectivity index (χ4v) is 4.94. The topological polar surface area (TPSA) is 76.0 Å². The molecule has 1 atom stereocenters. The largest absolute Gasteiger partial charge is 0.450 e. The Balaban J connectivity index is 1.54. The van der Waals surface area contributed by atoms with Crippen LogP contribution in [0.25, 0.3) is 17.1 Å². The number of H-pyrrole nitrogens is 1. The van der Waals surface area contributed by atoms with Crippen molar-refractivity contribution in [2.24, 2.45) is 11.8 Å². The maximum absolute atomic E-state index is 12.4. The summed E-state index contributed by atoms with van der Waals surface area (Å²) in [5.74, 6) is -0.109. The van der Waals surface area contributed by atoms with Gasteiger partial charge in [-0.05, 0) is 66.2 Å². The Bertz CT molecular complexity index is 1080. The summed E-state index contributed by atoms with van der Waals surface area (Å²) < 4.78 is 5.80. The number of aromatic nitrogens is 2. The van der Waals surface area contributed by atoms with E-state index >= 15 is 0 Å². The molecule has 0 radical (unpaired) electrons. The van der Waals surface area contributed by atoms with Gasteiger partial charge in [0, 0.05) is 0 Å². The van der Waals surface area contributed by atoms with Crippen LogP contribution in [0, 0.1) is 18.8 Å². The maximum atomic E-state index is 12.4. The normalized spacial score (nSPS) is 19.1. The van der Waals surface area contributed by atoms with Gasteiger partial charge in [-0.3, -0.25) is 9.59 Å². The second-order valence-electron chi connectivity index (χ2n) is 6.79. The van der Waals surface area contributed by atoms with Gasteiger partial charge in [-0.25, -0.2) is 4.98 Å². The number of furan rings is 1. The molecule has 7 heteroatoms. The third-order valence-electron chi connectivity index (χ3n) is 4.43. The average molecular weight is 399 g/mol. The summed E-state index contributed by atoms with van der Waals surface area (Å²) in [5, 5.41) is 1.33. The van der Waals surface area contributed by atoms with Gasteiger partial charge in [-0.2, -0.15) is 0 Å². The Morgan fingerprint density at radius 3 is 2.78 bits per heavy atom. The number of hydrogen-bond donors (Lipinski definition) is 1. The Hall–Kier alpha value is -2.25. The van der Waals surface area contributed by atoms with Crippen molar-refractivity contribution in [2.45, 2.75) is 31.0 Å². The van der Waals surface area contributed by atoms with Crippen LogP contribution in [0.5, 0.6) is 0 Å². The third-order valence-corrected chi connectivity index (χ3v) is 6.24. The Labute approximate surface area is 165 Å². The summed E-state index contributed by atoms with van der Waals surface area (Å²) in [4.78, 5) is 32.8. The Kier molecular flexibility index (Phi) is 4.74. The van der Waals surface area contributed by atoms with Crippen LogP contribution >= 0.6 is 23.5 Å². The molecule has 0 aliphatic carbocycles. The molecule has 0 spiro atoms. The minimum absolute atomic E-state index is 0.00246. The fraction of sp³-hybridized carbons (Fsp3) is 0.250. The molecule has 1 unspecified atom stereocenters. The molecule has 1 saturated heterocycles. The molecule has 2 aromatic heterocycles. The number of Topliss-reactive ketones (excluding diaryl/α,β-unsaturated/α-hetero) is 1. The number of nitrogens with one attached hydrogen (secondary N) is 1. The fourth-order valence-electron chi connectivity index (χ4n) is 3.05. The zero-order valence-corrected chi connectivity index (χ0v) is 16.7. The van der Waals surface area contributed by atoms with Crippen molar-refractivity contribution in [3.8, 4) is 0 Å². The van der Waals surface area contributed by atoms with Crippen molar-refractivity contribution in [1.29, 1.82) is 0 Å². The number of thioether (sulfide) groups is 1. The lowest BCUT2D eigenvalue weighted by molar-refractivity contribution is -0.125. The van der Waals surface area contributed by atoms with E-state index in [-0.39, 0.29) is 16.8 Å². The van der Waals surface area contributed by atoms with E-state index < -0.39 is 5.92 Å². The zero-order valence-electron chi connectivity index (χ0n) is 15.1. The molecule has 3 aromatic rings. The lowest BCUT2D eigenvalue weighted by atomic mass is 9.93. The summed E-state index contributed by atoms with van der Waals surface area (Å²) in [6.45, 7) is 5.81. The smallest absolute Gasteiger partial charge is 0.204 e. The number of carbonyl (C=O) groups excluding carboxylic acids is 2. The highest BCUT2D eigenvalue weighted by molar-refractivity contribution is 8.18. The van der Waals surface area contributed by atoms with Gasteiger partial charge in [0.1, 0.15) is 5.76 Å². The number of nitrogens with zero attached hydrogens (tertiary/aromatic N) is 1. The quantitative estimate of drug-likeness (QED) is 0.488. The molecule has 0 amide bonds. The van der Waals surface area contributed by atoms with Gasteiger partial charge in [-0.1, -0.05) is 26.0 Å². The first-order valence-corrected chi connectivity index (χ1v) is 10.3. The summed E-state index contributed by atoms with van der Waals surface area (Å²) in [5.41, 5.74) is 3.07. The minimum atomic E-state index is -0.552. The highest BCUT2D eigenvalue weighted by Gasteiger charge is 2.40. The van der Waals surface area contributed by atoms with Crippen molar-refractivity contribution >= 4 is 51.5 Å². The van der Waals surface area contributed by atoms with Crippen molar-refractivity contribution in [2.75, 3.05) is 0 Å². The number of ketones is 1. The predicted molar refractivity (Wildman–Crippen MR) is 108 cm³/mol. The number of hydrogen-bond acceptors (Lipinski definition) is 6. The first kappa shape index (κ1) is 18.1. The molecule has 27 heavy (non-hydrogen) atoms.